The number of rotatable bonds is 3. The Bertz CT molecular complexity index is 3210. The smallest absolute Gasteiger partial charge is 0.0687 e. The molecule has 8 aromatic carbocycles. The van der Waals surface area contributed by atoms with E-state index in [9.17, 15) is 0 Å². The second-order valence-corrected chi connectivity index (χ2v) is 14.8. The van der Waals surface area contributed by atoms with E-state index < -0.39 is 0 Å². The van der Waals surface area contributed by atoms with Crippen LogP contribution in [-0.2, 0) is 0 Å². The van der Waals surface area contributed by atoms with Crippen molar-refractivity contribution in [3.05, 3.63) is 176 Å². The van der Waals surface area contributed by atoms with E-state index in [0.29, 0.717) is 0 Å². The molecule has 11 aromatic rings. The molecule has 0 N–H and O–H groups in total. The highest BCUT2D eigenvalue weighted by molar-refractivity contribution is 7.99. The molecule has 0 unspecified atom stereocenters. The van der Waals surface area contributed by atoms with Crippen molar-refractivity contribution in [2.24, 2.45) is 0 Å². The maximum atomic E-state index is 2.47. The van der Waals surface area contributed by atoms with Gasteiger partial charge in [0.25, 0.3) is 0 Å². The second-order valence-electron chi connectivity index (χ2n) is 13.7. The minimum Gasteiger partial charge on any atom is -0.309 e. The second kappa shape index (κ2) is 10.5. The average molecular weight is 680 g/mol. The first kappa shape index (κ1) is 28.2. The van der Waals surface area contributed by atoms with Gasteiger partial charge in [-0.25, -0.2) is 0 Å². The summed E-state index contributed by atoms with van der Waals surface area (Å²) in [5, 5.41) is 7.66. The molecule has 12 rings (SSSR count). The summed E-state index contributed by atoms with van der Waals surface area (Å²) in [4.78, 5) is 2.60. The van der Waals surface area contributed by atoms with E-state index in [1.807, 2.05) is 11.8 Å². The normalized spacial score (nSPS) is 12.5. The number of hydrogen-bond donors (Lipinski definition) is 0. The predicted molar refractivity (Wildman–Crippen MR) is 219 cm³/mol. The van der Waals surface area contributed by atoms with Gasteiger partial charge in [0.1, 0.15) is 0 Å². The highest BCUT2D eigenvalue weighted by Gasteiger charge is 2.25. The van der Waals surface area contributed by atoms with Gasteiger partial charge in [-0.15, -0.1) is 0 Å². The van der Waals surface area contributed by atoms with Crippen molar-refractivity contribution in [1.82, 2.24) is 13.7 Å². The largest absolute Gasteiger partial charge is 0.309 e. The van der Waals surface area contributed by atoms with Gasteiger partial charge in [0, 0.05) is 53.5 Å². The molecule has 52 heavy (non-hydrogen) atoms. The third-order valence-electron chi connectivity index (χ3n) is 11.0. The lowest BCUT2D eigenvalue weighted by atomic mass is 9.99. The molecule has 1 aliphatic heterocycles. The minimum atomic E-state index is 1.15. The molecule has 0 radical (unpaired) electrons. The lowest BCUT2D eigenvalue weighted by Crippen LogP contribution is -2.01. The monoisotopic (exact) mass is 679 g/mol. The average Bonchev–Trinajstić information content (AvgIpc) is 3.85. The summed E-state index contributed by atoms with van der Waals surface area (Å²) < 4.78 is 7.29. The zero-order valence-corrected chi connectivity index (χ0v) is 28.8. The minimum absolute atomic E-state index is 1.15. The Hall–Kier alpha value is -6.49. The Kier molecular flexibility index (Phi) is 5.71. The van der Waals surface area contributed by atoms with Crippen LogP contribution in [0.5, 0.6) is 0 Å². The van der Waals surface area contributed by atoms with Gasteiger partial charge in [0.2, 0.25) is 0 Å². The molecule has 4 heteroatoms. The van der Waals surface area contributed by atoms with E-state index in [0.717, 1.165) is 5.69 Å². The molecular weight excluding hydrogens is 651 g/mol. The van der Waals surface area contributed by atoms with Crippen LogP contribution >= 0.6 is 11.8 Å². The van der Waals surface area contributed by atoms with Gasteiger partial charge in [-0.3, -0.25) is 0 Å². The molecule has 0 spiro atoms. The number of benzene rings is 8. The number of fused-ring (bicyclic) bond motifs is 11. The molecule has 3 nitrogen and oxygen atoms in total. The number of hydrogen-bond acceptors (Lipinski definition) is 1. The molecule has 0 saturated heterocycles. The summed E-state index contributed by atoms with van der Waals surface area (Å²) in [6.07, 6.45) is 0. The van der Waals surface area contributed by atoms with Gasteiger partial charge in [-0.2, -0.15) is 0 Å². The summed E-state index contributed by atoms with van der Waals surface area (Å²) >= 11 is 1.87. The van der Waals surface area contributed by atoms with Gasteiger partial charge >= 0.3 is 0 Å². The van der Waals surface area contributed by atoms with Crippen LogP contribution in [0, 0.1) is 0 Å². The van der Waals surface area contributed by atoms with Crippen molar-refractivity contribution >= 4 is 77.2 Å². The van der Waals surface area contributed by atoms with Gasteiger partial charge in [0.15, 0.2) is 0 Å². The fraction of sp³-hybridized carbons (Fsp3) is 0. The zero-order chi connectivity index (χ0) is 33.9. The topological polar surface area (TPSA) is 14.8 Å². The standard InChI is InChI=1S/C48H29N3S/c1-5-15-39-34(11-1)35-12-2-6-16-40(35)50(39)32-25-27-43-38(29-32)36-13-3-7-17-41(36)49(43)31-23-21-30(22-24-31)33-26-28-46-48-47(33)37-14-4-8-18-42(37)51(48)44-19-9-10-20-45(44)52-46/h1-29H. The van der Waals surface area contributed by atoms with Crippen molar-refractivity contribution < 1.29 is 0 Å². The van der Waals surface area contributed by atoms with Crippen molar-refractivity contribution in [3.63, 3.8) is 0 Å². The fourth-order valence-electron chi connectivity index (χ4n) is 8.86. The SMILES string of the molecule is c1ccc2c(c1)Sc1ccc(-c3ccc(-n4c5ccccc5c5cc(-n6c7ccccc7c7ccccc76)ccc54)cc3)c3c4ccccc4n-2c13. The van der Waals surface area contributed by atoms with Crippen LogP contribution in [0.15, 0.2) is 186 Å². The lowest BCUT2D eigenvalue weighted by Gasteiger charge is -2.20. The summed E-state index contributed by atoms with van der Waals surface area (Å²) in [7, 11) is 0. The molecule has 0 saturated carbocycles. The van der Waals surface area contributed by atoms with Crippen LogP contribution in [0.1, 0.15) is 0 Å². The molecule has 0 aliphatic carbocycles. The van der Waals surface area contributed by atoms with Crippen molar-refractivity contribution in [2.75, 3.05) is 0 Å². The molecule has 0 amide bonds. The van der Waals surface area contributed by atoms with Crippen molar-refractivity contribution in [2.45, 2.75) is 9.79 Å². The maximum Gasteiger partial charge on any atom is 0.0687 e. The predicted octanol–water partition coefficient (Wildman–Crippen LogP) is 13.1. The third kappa shape index (κ3) is 3.77. The van der Waals surface area contributed by atoms with Crippen molar-refractivity contribution in [1.29, 1.82) is 0 Å². The van der Waals surface area contributed by atoms with Gasteiger partial charge < -0.3 is 13.7 Å². The zero-order valence-electron chi connectivity index (χ0n) is 28.0. The van der Waals surface area contributed by atoms with E-state index in [1.54, 1.807) is 0 Å². The first-order valence-electron chi connectivity index (χ1n) is 17.8. The van der Waals surface area contributed by atoms with Gasteiger partial charge in [0.05, 0.1) is 38.8 Å². The quantitative estimate of drug-likeness (QED) is 0.181. The summed E-state index contributed by atoms with van der Waals surface area (Å²) in [5.41, 5.74) is 13.5. The molecule has 4 heterocycles. The Balaban J connectivity index is 1.03. The highest BCUT2D eigenvalue weighted by atomic mass is 32.2. The van der Waals surface area contributed by atoms with Gasteiger partial charge in [-0.1, -0.05) is 115 Å². The van der Waals surface area contributed by atoms with Crippen LogP contribution in [0.3, 0.4) is 0 Å². The molecule has 3 aromatic heterocycles. The Morgan fingerprint density at radius 3 is 1.56 bits per heavy atom. The van der Waals surface area contributed by atoms with E-state index >= 15 is 0 Å². The summed E-state index contributed by atoms with van der Waals surface area (Å²) in [6.45, 7) is 0. The van der Waals surface area contributed by atoms with Crippen LogP contribution in [0.4, 0.5) is 0 Å². The molecule has 0 atom stereocenters. The molecule has 0 fully saturated rings. The van der Waals surface area contributed by atoms with Gasteiger partial charge in [-0.05, 0) is 83.9 Å². The Labute approximate surface area is 303 Å². The first-order chi connectivity index (χ1) is 25.8. The van der Waals surface area contributed by atoms with E-state index in [1.165, 1.54) is 97.7 Å². The van der Waals surface area contributed by atoms with E-state index in [4.69, 9.17) is 0 Å². The first-order valence-corrected chi connectivity index (χ1v) is 18.6. The number of para-hydroxylation sites is 5. The highest BCUT2D eigenvalue weighted by Crippen LogP contribution is 2.49. The molecule has 1 aliphatic rings. The molecule has 0 bridgehead atoms. The maximum absolute atomic E-state index is 2.47. The van der Waals surface area contributed by atoms with Crippen LogP contribution in [0.25, 0.3) is 93.6 Å². The number of aromatic nitrogens is 3. The Morgan fingerprint density at radius 2 is 0.865 bits per heavy atom. The van der Waals surface area contributed by atoms with E-state index in [2.05, 4.69) is 190 Å². The molecular formula is C48H29N3S. The fourth-order valence-corrected chi connectivity index (χ4v) is 9.93. The molecule has 242 valence electrons. The third-order valence-corrected chi connectivity index (χ3v) is 12.2. The lowest BCUT2D eigenvalue weighted by molar-refractivity contribution is 1.09. The van der Waals surface area contributed by atoms with Crippen LogP contribution < -0.4 is 0 Å². The summed E-state index contributed by atoms with van der Waals surface area (Å²) in [6, 6.07) is 64.6. The van der Waals surface area contributed by atoms with Crippen LogP contribution in [0.2, 0.25) is 0 Å². The summed E-state index contributed by atoms with van der Waals surface area (Å²) in [5.74, 6) is 0. The van der Waals surface area contributed by atoms with E-state index in [-0.39, 0.29) is 0 Å². The van der Waals surface area contributed by atoms with Crippen molar-refractivity contribution in [3.8, 4) is 28.2 Å². The van der Waals surface area contributed by atoms with Crippen LogP contribution in [-0.4, -0.2) is 13.7 Å². The number of nitrogens with zero attached hydrogens (tertiary/aromatic N) is 3. The Morgan fingerprint density at radius 1 is 0.346 bits per heavy atom.